The maximum Gasteiger partial charge on any atom is 0.246 e. The molecule has 2 rings (SSSR count). The van der Waals surface area contributed by atoms with E-state index in [1.807, 2.05) is 0 Å². The van der Waals surface area contributed by atoms with Crippen LogP contribution in [0.5, 0.6) is 5.75 Å². The van der Waals surface area contributed by atoms with Gasteiger partial charge < -0.3 is 10.1 Å². The van der Waals surface area contributed by atoms with Crippen molar-refractivity contribution in [3.05, 3.63) is 22.7 Å². The predicted octanol–water partition coefficient (Wildman–Crippen LogP) is 1.85. The molecule has 0 saturated heterocycles. The Kier molecular flexibility index (Phi) is 4.59. The van der Waals surface area contributed by atoms with Gasteiger partial charge >= 0.3 is 0 Å². The van der Waals surface area contributed by atoms with Gasteiger partial charge in [0.2, 0.25) is 10.0 Å². The number of nitrogens with one attached hydrogen (secondary N) is 1. The lowest BCUT2D eigenvalue weighted by Crippen LogP contribution is -2.29. The largest absolute Gasteiger partial charge is 0.495 e. The molecule has 0 aromatic heterocycles. The number of rotatable bonds is 6. The fourth-order valence-electron chi connectivity index (χ4n) is 2.16. The average Bonchev–Trinajstić information content (AvgIpc) is 3.21. The lowest BCUT2D eigenvalue weighted by atomic mass is 10.2. The highest BCUT2D eigenvalue weighted by Crippen LogP contribution is 2.37. The molecule has 112 valence electrons. The highest BCUT2D eigenvalue weighted by atomic mass is 35.5. The number of hydrogen-bond acceptors (Lipinski definition) is 4. The van der Waals surface area contributed by atoms with Gasteiger partial charge in [0.25, 0.3) is 0 Å². The number of nitrogens with zero attached hydrogens (tertiary/aromatic N) is 1. The first kappa shape index (κ1) is 15.6. The molecule has 0 amide bonds. The van der Waals surface area contributed by atoms with Gasteiger partial charge in [-0.1, -0.05) is 11.6 Å². The quantitative estimate of drug-likeness (QED) is 0.869. The fourth-order valence-corrected chi connectivity index (χ4v) is 4.10. The summed E-state index contributed by atoms with van der Waals surface area (Å²) in [6.07, 6.45) is 1.81. The van der Waals surface area contributed by atoms with Crippen LogP contribution in [0.4, 0.5) is 0 Å². The Bertz CT molecular complexity index is 600. The highest BCUT2D eigenvalue weighted by molar-refractivity contribution is 7.89. The van der Waals surface area contributed by atoms with E-state index in [1.54, 1.807) is 20.2 Å². The van der Waals surface area contributed by atoms with Gasteiger partial charge in [-0.2, -0.15) is 4.31 Å². The molecule has 1 fully saturated rings. The van der Waals surface area contributed by atoms with Crippen LogP contribution in [-0.4, -0.2) is 40.0 Å². The molecule has 1 saturated carbocycles. The van der Waals surface area contributed by atoms with Gasteiger partial charge in [0.05, 0.1) is 7.11 Å². The normalized spacial score (nSPS) is 15.7. The van der Waals surface area contributed by atoms with Crippen molar-refractivity contribution in [2.45, 2.75) is 30.3 Å². The van der Waals surface area contributed by atoms with Crippen LogP contribution in [-0.2, 0) is 16.6 Å². The van der Waals surface area contributed by atoms with Crippen molar-refractivity contribution in [1.29, 1.82) is 0 Å². The summed E-state index contributed by atoms with van der Waals surface area (Å²) in [6, 6.07) is 3.26. The lowest BCUT2D eigenvalue weighted by molar-refractivity contribution is 0.391. The number of benzene rings is 1. The first-order chi connectivity index (χ1) is 9.41. The van der Waals surface area contributed by atoms with E-state index < -0.39 is 10.0 Å². The minimum atomic E-state index is -3.59. The molecule has 0 atom stereocenters. The summed E-state index contributed by atoms with van der Waals surface area (Å²) in [5, 5.41) is 3.37. The predicted molar refractivity (Wildman–Crippen MR) is 78.7 cm³/mol. The van der Waals surface area contributed by atoms with Crippen LogP contribution in [0.2, 0.25) is 5.02 Å². The molecule has 1 aromatic carbocycles. The van der Waals surface area contributed by atoms with E-state index in [9.17, 15) is 8.42 Å². The maximum absolute atomic E-state index is 12.7. The number of halogens is 1. The van der Waals surface area contributed by atoms with Gasteiger partial charge in [0.15, 0.2) is 0 Å². The Morgan fingerprint density at radius 2 is 2.10 bits per heavy atom. The SMILES string of the molecule is CNCc1cc(Cl)cc(S(=O)(=O)N(C)C2CC2)c1OC. The summed E-state index contributed by atoms with van der Waals surface area (Å²) in [5.41, 5.74) is 0.727. The van der Waals surface area contributed by atoms with E-state index in [4.69, 9.17) is 16.3 Å². The van der Waals surface area contributed by atoms with Crippen molar-refractivity contribution >= 4 is 21.6 Å². The Morgan fingerprint density at radius 1 is 1.45 bits per heavy atom. The first-order valence-corrected chi connectivity index (χ1v) is 8.22. The van der Waals surface area contributed by atoms with Crippen LogP contribution >= 0.6 is 11.6 Å². The number of hydrogen-bond donors (Lipinski definition) is 1. The fraction of sp³-hybridized carbons (Fsp3) is 0.538. The van der Waals surface area contributed by atoms with Crippen LogP contribution in [0.15, 0.2) is 17.0 Å². The molecule has 0 heterocycles. The number of ether oxygens (including phenoxy) is 1. The van der Waals surface area contributed by atoms with E-state index in [2.05, 4.69) is 5.32 Å². The summed E-state index contributed by atoms with van der Waals surface area (Å²) in [5.74, 6) is 0.358. The maximum atomic E-state index is 12.7. The second-order valence-corrected chi connectivity index (χ2v) is 7.28. The van der Waals surface area contributed by atoms with E-state index in [0.29, 0.717) is 17.3 Å². The standard InChI is InChI=1S/C13H19ClN2O3S/c1-15-8-9-6-10(14)7-12(13(9)19-3)20(17,18)16(2)11-4-5-11/h6-7,11,15H,4-5,8H2,1-3H3. The summed E-state index contributed by atoms with van der Waals surface area (Å²) in [7, 11) is 1.27. The van der Waals surface area contributed by atoms with Gasteiger partial charge in [-0.15, -0.1) is 0 Å². The van der Waals surface area contributed by atoms with E-state index in [-0.39, 0.29) is 10.9 Å². The topological polar surface area (TPSA) is 58.6 Å². The summed E-state index contributed by atoms with van der Waals surface area (Å²) in [4.78, 5) is 0.132. The van der Waals surface area contributed by atoms with Crippen molar-refractivity contribution < 1.29 is 13.2 Å². The highest BCUT2D eigenvalue weighted by Gasteiger charge is 2.37. The van der Waals surface area contributed by atoms with Crippen molar-refractivity contribution in [3.63, 3.8) is 0 Å². The van der Waals surface area contributed by atoms with Gasteiger partial charge in [-0.3, -0.25) is 0 Å². The Labute approximate surface area is 124 Å². The first-order valence-electron chi connectivity index (χ1n) is 6.41. The molecule has 0 bridgehead atoms. The molecule has 20 heavy (non-hydrogen) atoms. The van der Waals surface area contributed by atoms with Crippen molar-refractivity contribution in [1.82, 2.24) is 9.62 Å². The van der Waals surface area contributed by atoms with Gasteiger partial charge in [0.1, 0.15) is 10.6 Å². The minimum absolute atomic E-state index is 0.0939. The van der Waals surface area contributed by atoms with Gasteiger partial charge in [-0.05, 0) is 32.0 Å². The van der Waals surface area contributed by atoms with Gasteiger partial charge in [0, 0.05) is 30.2 Å². The third kappa shape index (κ3) is 2.93. The molecule has 0 spiro atoms. The smallest absolute Gasteiger partial charge is 0.246 e. The molecular formula is C13H19ClN2O3S. The van der Waals surface area contributed by atoms with E-state index in [1.165, 1.54) is 17.5 Å². The monoisotopic (exact) mass is 318 g/mol. The molecule has 7 heteroatoms. The van der Waals surface area contributed by atoms with Gasteiger partial charge in [-0.25, -0.2) is 8.42 Å². The van der Waals surface area contributed by atoms with E-state index in [0.717, 1.165) is 18.4 Å². The number of sulfonamides is 1. The lowest BCUT2D eigenvalue weighted by Gasteiger charge is -2.20. The van der Waals surface area contributed by atoms with Crippen LogP contribution in [0, 0.1) is 0 Å². The zero-order chi connectivity index (χ0) is 14.9. The average molecular weight is 319 g/mol. The van der Waals surface area contributed by atoms with Crippen molar-refractivity contribution in [3.8, 4) is 5.75 Å². The molecule has 0 aliphatic heterocycles. The summed E-state index contributed by atoms with van der Waals surface area (Å²) < 4.78 is 32.1. The van der Waals surface area contributed by atoms with Crippen LogP contribution in [0.3, 0.4) is 0 Å². The molecule has 5 nitrogen and oxygen atoms in total. The van der Waals surface area contributed by atoms with Crippen LogP contribution < -0.4 is 10.1 Å². The molecule has 1 aromatic rings. The van der Waals surface area contributed by atoms with Crippen LogP contribution in [0.25, 0.3) is 0 Å². The molecule has 0 radical (unpaired) electrons. The van der Waals surface area contributed by atoms with Crippen LogP contribution in [0.1, 0.15) is 18.4 Å². The molecule has 1 N–H and O–H groups in total. The summed E-state index contributed by atoms with van der Waals surface area (Å²) in [6.45, 7) is 0.486. The zero-order valence-corrected chi connectivity index (χ0v) is 13.4. The zero-order valence-electron chi connectivity index (χ0n) is 11.8. The van der Waals surface area contributed by atoms with Crippen molar-refractivity contribution in [2.75, 3.05) is 21.2 Å². The third-order valence-corrected chi connectivity index (χ3v) is 5.52. The minimum Gasteiger partial charge on any atom is -0.495 e. The number of methoxy groups -OCH3 is 1. The van der Waals surface area contributed by atoms with Crippen molar-refractivity contribution in [2.24, 2.45) is 0 Å². The second-order valence-electron chi connectivity index (χ2n) is 4.88. The molecule has 1 aliphatic carbocycles. The Hall–Kier alpha value is -0.820. The Morgan fingerprint density at radius 3 is 2.60 bits per heavy atom. The Balaban J connectivity index is 2.54. The summed E-state index contributed by atoms with van der Waals surface area (Å²) >= 11 is 6.05. The molecule has 0 unspecified atom stereocenters. The second kappa shape index (κ2) is 5.89. The third-order valence-electron chi connectivity index (χ3n) is 3.39. The van der Waals surface area contributed by atoms with E-state index >= 15 is 0 Å². The molecule has 1 aliphatic rings. The molecular weight excluding hydrogens is 300 g/mol.